The van der Waals surface area contributed by atoms with Gasteiger partial charge in [-0.25, -0.2) is 0 Å². The Morgan fingerprint density at radius 3 is 2.53 bits per heavy atom. The fraction of sp³-hybridized carbons (Fsp3) is 0.353. The highest BCUT2D eigenvalue weighted by molar-refractivity contribution is 5.22. The standard InChI is InChI=1S/C17H22N2/c1-3-11-18-17(12-15-7-5-4-6-8-15)16-10-9-14(2)19-13-16/h4-10,13,17-18H,3,11-12H2,1-2H3. The molecular weight excluding hydrogens is 232 g/mol. The summed E-state index contributed by atoms with van der Waals surface area (Å²) in [5.41, 5.74) is 3.69. The van der Waals surface area contributed by atoms with Crippen molar-refractivity contribution in [2.45, 2.75) is 32.7 Å². The van der Waals surface area contributed by atoms with Crippen molar-refractivity contribution in [1.82, 2.24) is 10.3 Å². The third-order valence-electron chi connectivity index (χ3n) is 3.26. The van der Waals surface area contributed by atoms with Crippen LogP contribution < -0.4 is 5.32 Å². The first kappa shape index (κ1) is 13.8. The van der Waals surface area contributed by atoms with Crippen LogP contribution in [0.1, 0.15) is 36.2 Å². The van der Waals surface area contributed by atoms with Crippen molar-refractivity contribution in [3.63, 3.8) is 0 Å². The Kier molecular flexibility index (Phi) is 5.10. The maximum atomic E-state index is 4.41. The molecule has 0 aliphatic rings. The van der Waals surface area contributed by atoms with Crippen LogP contribution in [0.3, 0.4) is 0 Å². The van der Waals surface area contributed by atoms with Crippen molar-refractivity contribution in [1.29, 1.82) is 0 Å². The Bertz CT molecular complexity index is 476. The number of rotatable bonds is 6. The Morgan fingerprint density at radius 1 is 1.11 bits per heavy atom. The molecule has 0 bridgehead atoms. The fourth-order valence-corrected chi connectivity index (χ4v) is 2.16. The first-order valence-corrected chi connectivity index (χ1v) is 6.99. The number of nitrogens with zero attached hydrogens (tertiary/aromatic N) is 1. The van der Waals surface area contributed by atoms with E-state index in [2.05, 4.69) is 59.7 Å². The third kappa shape index (κ3) is 4.18. The number of aryl methyl sites for hydroxylation is 1. The molecule has 1 N–H and O–H groups in total. The summed E-state index contributed by atoms with van der Waals surface area (Å²) < 4.78 is 0. The molecular formula is C17H22N2. The van der Waals surface area contributed by atoms with Crippen LogP contribution in [0.2, 0.25) is 0 Å². The van der Waals surface area contributed by atoms with Gasteiger partial charge >= 0.3 is 0 Å². The average molecular weight is 254 g/mol. The number of nitrogens with one attached hydrogen (secondary N) is 1. The van der Waals surface area contributed by atoms with Gasteiger partial charge in [0.15, 0.2) is 0 Å². The molecule has 1 unspecified atom stereocenters. The highest BCUT2D eigenvalue weighted by atomic mass is 14.9. The van der Waals surface area contributed by atoms with Crippen molar-refractivity contribution in [2.75, 3.05) is 6.54 Å². The number of aromatic nitrogens is 1. The van der Waals surface area contributed by atoms with Gasteiger partial charge in [0.2, 0.25) is 0 Å². The van der Waals surface area contributed by atoms with Gasteiger partial charge < -0.3 is 5.32 Å². The monoisotopic (exact) mass is 254 g/mol. The lowest BCUT2D eigenvalue weighted by Gasteiger charge is -2.19. The third-order valence-corrected chi connectivity index (χ3v) is 3.26. The van der Waals surface area contributed by atoms with Crippen LogP contribution in [0.15, 0.2) is 48.7 Å². The fourth-order valence-electron chi connectivity index (χ4n) is 2.16. The molecule has 0 saturated heterocycles. The van der Waals surface area contributed by atoms with Gasteiger partial charge in [-0.3, -0.25) is 4.98 Å². The maximum absolute atomic E-state index is 4.41. The molecule has 0 amide bonds. The molecule has 1 atom stereocenters. The van der Waals surface area contributed by atoms with E-state index in [9.17, 15) is 0 Å². The Morgan fingerprint density at radius 2 is 1.89 bits per heavy atom. The summed E-state index contributed by atoms with van der Waals surface area (Å²) in [6.07, 6.45) is 4.14. The predicted molar refractivity (Wildman–Crippen MR) is 80.2 cm³/mol. The van der Waals surface area contributed by atoms with Crippen molar-refractivity contribution >= 4 is 0 Å². The van der Waals surface area contributed by atoms with E-state index in [0.29, 0.717) is 6.04 Å². The first-order valence-electron chi connectivity index (χ1n) is 6.99. The van der Waals surface area contributed by atoms with Crippen LogP contribution in [0.5, 0.6) is 0 Å². The van der Waals surface area contributed by atoms with Gasteiger partial charge in [0, 0.05) is 17.9 Å². The topological polar surface area (TPSA) is 24.9 Å². The van der Waals surface area contributed by atoms with E-state index in [-0.39, 0.29) is 0 Å². The number of benzene rings is 1. The zero-order valence-corrected chi connectivity index (χ0v) is 11.8. The van der Waals surface area contributed by atoms with Crippen LogP contribution in [-0.4, -0.2) is 11.5 Å². The van der Waals surface area contributed by atoms with Gasteiger partial charge in [0.25, 0.3) is 0 Å². The molecule has 100 valence electrons. The van der Waals surface area contributed by atoms with Crippen molar-refractivity contribution in [2.24, 2.45) is 0 Å². The van der Waals surface area contributed by atoms with E-state index in [1.165, 1.54) is 11.1 Å². The van der Waals surface area contributed by atoms with E-state index < -0.39 is 0 Å². The maximum Gasteiger partial charge on any atom is 0.0376 e. The summed E-state index contributed by atoms with van der Waals surface area (Å²) in [7, 11) is 0. The molecule has 2 nitrogen and oxygen atoms in total. The summed E-state index contributed by atoms with van der Waals surface area (Å²) in [4.78, 5) is 4.41. The minimum atomic E-state index is 0.343. The first-order chi connectivity index (χ1) is 9.29. The lowest BCUT2D eigenvalue weighted by Crippen LogP contribution is -2.24. The molecule has 0 fully saturated rings. The van der Waals surface area contributed by atoms with E-state index in [4.69, 9.17) is 0 Å². The van der Waals surface area contributed by atoms with E-state index >= 15 is 0 Å². The highest BCUT2D eigenvalue weighted by Crippen LogP contribution is 2.18. The largest absolute Gasteiger partial charge is 0.310 e. The Hall–Kier alpha value is -1.67. The van der Waals surface area contributed by atoms with Crippen molar-refractivity contribution < 1.29 is 0 Å². The molecule has 1 heterocycles. The number of hydrogen-bond donors (Lipinski definition) is 1. The smallest absolute Gasteiger partial charge is 0.0376 e. The number of pyridine rings is 1. The molecule has 2 rings (SSSR count). The lowest BCUT2D eigenvalue weighted by atomic mass is 10.00. The second-order valence-corrected chi connectivity index (χ2v) is 4.93. The minimum Gasteiger partial charge on any atom is -0.310 e. The summed E-state index contributed by atoms with van der Waals surface area (Å²) in [6, 6.07) is 15.2. The summed E-state index contributed by atoms with van der Waals surface area (Å²) in [6.45, 7) is 5.25. The molecule has 19 heavy (non-hydrogen) atoms. The van der Waals surface area contributed by atoms with Crippen LogP contribution in [0.4, 0.5) is 0 Å². The van der Waals surface area contributed by atoms with Crippen LogP contribution in [0, 0.1) is 6.92 Å². The highest BCUT2D eigenvalue weighted by Gasteiger charge is 2.11. The second kappa shape index (κ2) is 7.05. The molecule has 2 aromatic rings. The van der Waals surface area contributed by atoms with Crippen molar-refractivity contribution in [3.8, 4) is 0 Å². The van der Waals surface area contributed by atoms with E-state index in [0.717, 1.165) is 25.1 Å². The average Bonchev–Trinajstić information content (AvgIpc) is 2.45. The summed E-state index contributed by atoms with van der Waals surface area (Å²) >= 11 is 0. The molecule has 2 heteroatoms. The van der Waals surface area contributed by atoms with Gasteiger partial charge in [-0.2, -0.15) is 0 Å². The minimum absolute atomic E-state index is 0.343. The van der Waals surface area contributed by atoms with Gasteiger partial charge in [-0.15, -0.1) is 0 Å². The molecule has 0 aliphatic heterocycles. The second-order valence-electron chi connectivity index (χ2n) is 4.93. The number of hydrogen-bond acceptors (Lipinski definition) is 2. The van der Waals surface area contributed by atoms with Gasteiger partial charge in [0.1, 0.15) is 0 Å². The molecule has 0 saturated carbocycles. The SMILES string of the molecule is CCCNC(Cc1ccccc1)c1ccc(C)nc1. The zero-order valence-electron chi connectivity index (χ0n) is 11.8. The zero-order chi connectivity index (χ0) is 13.5. The summed E-state index contributed by atoms with van der Waals surface area (Å²) in [5, 5.41) is 3.61. The molecule has 1 aromatic carbocycles. The van der Waals surface area contributed by atoms with Gasteiger partial charge in [-0.05, 0) is 43.5 Å². The van der Waals surface area contributed by atoms with Crippen LogP contribution in [0.25, 0.3) is 0 Å². The lowest BCUT2D eigenvalue weighted by molar-refractivity contribution is 0.528. The van der Waals surface area contributed by atoms with E-state index in [1.54, 1.807) is 0 Å². The van der Waals surface area contributed by atoms with Gasteiger partial charge in [-0.1, -0.05) is 43.3 Å². The normalized spacial score (nSPS) is 12.3. The van der Waals surface area contributed by atoms with Crippen LogP contribution in [-0.2, 0) is 6.42 Å². The van der Waals surface area contributed by atoms with E-state index in [1.807, 2.05) is 13.1 Å². The predicted octanol–water partition coefficient (Wildman–Crippen LogP) is 3.67. The van der Waals surface area contributed by atoms with Gasteiger partial charge in [0.05, 0.1) is 0 Å². The Balaban J connectivity index is 2.13. The van der Waals surface area contributed by atoms with Crippen LogP contribution >= 0.6 is 0 Å². The summed E-state index contributed by atoms with van der Waals surface area (Å²) in [5.74, 6) is 0. The quantitative estimate of drug-likeness (QED) is 0.850. The van der Waals surface area contributed by atoms with Crippen molar-refractivity contribution in [3.05, 3.63) is 65.5 Å². The molecule has 0 aliphatic carbocycles. The molecule has 1 aromatic heterocycles. The Labute approximate surface area is 115 Å². The molecule has 0 spiro atoms. The molecule has 0 radical (unpaired) electrons.